The second kappa shape index (κ2) is 3.48. The van der Waals surface area contributed by atoms with Gasteiger partial charge in [0.15, 0.2) is 0 Å². The molecule has 0 radical (unpaired) electrons. The summed E-state index contributed by atoms with van der Waals surface area (Å²) >= 11 is 0. The molecular formula is C11H15NOS. The summed E-state index contributed by atoms with van der Waals surface area (Å²) in [5.74, 6) is 0. The van der Waals surface area contributed by atoms with Crippen LogP contribution < -0.4 is 5.73 Å². The molecule has 1 aromatic rings. The topological polar surface area (TPSA) is 43.1 Å². The van der Waals surface area contributed by atoms with Gasteiger partial charge >= 0.3 is 0 Å². The monoisotopic (exact) mass is 209 g/mol. The minimum absolute atomic E-state index is 0.0456. The van der Waals surface area contributed by atoms with Gasteiger partial charge in [0.1, 0.15) is 0 Å². The summed E-state index contributed by atoms with van der Waals surface area (Å²) in [5, 5.41) is 0.103. The van der Waals surface area contributed by atoms with Crippen LogP contribution in [0.15, 0.2) is 23.1 Å². The quantitative estimate of drug-likeness (QED) is 0.767. The predicted molar refractivity (Wildman–Crippen MR) is 58.6 cm³/mol. The number of aryl methyl sites for hydroxylation is 1. The minimum atomic E-state index is -0.902. The second-order valence-corrected chi connectivity index (χ2v) is 5.37. The lowest BCUT2D eigenvalue weighted by Crippen LogP contribution is -2.22. The molecule has 0 amide bonds. The largest absolute Gasteiger partial charge is 0.323 e. The Morgan fingerprint density at radius 2 is 2.21 bits per heavy atom. The number of benzene rings is 1. The minimum Gasteiger partial charge on any atom is -0.323 e. The average molecular weight is 209 g/mol. The van der Waals surface area contributed by atoms with Crippen LogP contribution in [0.4, 0.5) is 0 Å². The van der Waals surface area contributed by atoms with Crippen molar-refractivity contribution >= 4 is 10.8 Å². The summed E-state index contributed by atoms with van der Waals surface area (Å²) in [6.07, 6.45) is 0.877. The van der Waals surface area contributed by atoms with E-state index in [1.54, 1.807) is 0 Å². The molecule has 3 heteroatoms. The summed E-state index contributed by atoms with van der Waals surface area (Å²) < 4.78 is 12.1. The second-order valence-electron chi connectivity index (χ2n) is 3.76. The van der Waals surface area contributed by atoms with Crippen molar-refractivity contribution in [2.75, 3.05) is 0 Å². The highest BCUT2D eigenvalue weighted by molar-refractivity contribution is 7.86. The van der Waals surface area contributed by atoms with Gasteiger partial charge in [-0.25, -0.2) is 0 Å². The fourth-order valence-corrected chi connectivity index (χ4v) is 3.94. The normalized spacial score (nSPS) is 30.4. The van der Waals surface area contributed by atoms with E-state index in [1.807, 2.05) is 32.0 Å². The molecule has 1 aromatic carbocycles. The van der Waals surface area contributed by atoms with Crippen LogP contribution in [0, 0.1) is 6.92 Å². The van der Waals surface area contributed by atoms with Crippen molar-refractivity contribution in [3.63, 3.8) is 0 Å². The van der Waals surface area contributed by atoms with E-state index in [-0.39, 0.29) is 11.3 Å². The number of nitrogens with two attached hydrogens (primary N) is 1. The standard InChI is InChI=1S/C11H15NOS/c1-3-9-10(12)8-6-4-5-7(2)11(8)14(9)13/h4-6,9-10H,3,12H2,1-2H3. The van der Waals surface area contributed by atoms with Crippen molar-refractivity contribution in [2.45, 2.75) is 36.5 Å². The Balaban J connectivity index is 2.58. The molecular weight excluding hydrogens is 194 g/mol. The van der Waals surface area contributed by atoms with Crippen LogP contribution in [-0.2, 0) is 10.8 Å². The van der Waals surface area contributed by atoms with Gasteiger partial charge in [-0.15, -0.1) is 0 Å². The number of hydrogen-bond donors (Lipinski definition) is 1. The third-order valence-electron chi connectivity index (χ3n) is 2.88. The molecule has 0 aliphatic carbocycles. The Bertz CT molecular complexity index is 389. The van der Waals surface area contributed by atoms with E-state index < -0.39 is 10.8 Å². The van der Waals surface area contributed by atoms with Crippen LogP contribution in [0.2, 0.25) is 0 Å². The van der Waals surface area contributed by atoms with Crippen molar-refractivity contribution in [3.8, 4) is 0 Å². The third-order valence-corrected chi connectivity index (χ3v) is 5.02. The zero-order chi connectivity index (χ0) is 10.3. The molecule has 3 unspecified atom stereocenters. The maximum Gasteiger partial charge on any atom is 0.0586 e. The molecule has 0 saturated carbocycles. The van der Waals surface area contributed by atoms with E-state index in [1.165, 1.54) is 0 Å². The van der Waals surface area contributed by atoms with Crippen molar-refractivity contribution < 1.29 is 4.21 Å². The molecule has 2 nitrogen and oxygen atoms in total. The lowest BCUT2D eigenvalue weighted by atomic mass is 10.0. The molecule has 3 atom stereocenters. The fourth-order valence-electron chi connectivity index (χ4n) is 2.10. The van der Waals surface area contributed by atoms with Gasteiger partial charge in [-0.1, -0.05) is 25.1 Å². The van der Waals surface area contributed by atoms with Crippen LogP contribution in [0.1, 0.15) is 30.5 Å². The highest BCUT2D eigenvalue weighted by atomic mass is 32.2. The lowest BCUT2D eigenvalue weighted by Gasteiger charge is -2.10. The van der Waals surface area contributed by atoms with Crippen LogP contribution >= 0.6 is 0 Å². The maximum atomic E-state index is 12.1. The molecule has 2 rings (SSSR count). The van der Waals surface area contributed by atoms with Crippen molar-refractivity contribution in [3.05, 3.63) is 29.3 Å². The van der Waals surface area contributed by atoms with Crippen LogP contribution in [0.3, 0.4) is 0 Å². The van der Waals surface area contributed by atoms with Gasteiger partial charge in [0.25, 0.3) is 0 Å². The molecule has 1 aliphatic heterocycles. The summed E-state index contributed by atoms with van der Waals surface area (Å²) in [6, 6.07) is 5.95. The Hall–Kier alpha value is -0.670. The van der Waals surface area contributed by atoms with Crippen LogP contribution in [-0.4, -0.2) is 9.46 Å². The van der Waals surface area contributed by atoms with Crippen molar-refractivity contribution in [1.29, 1.82) is 0 Å². The lowest BCUT2D eigenvalue weighted by molar-refractivity contribution is 0.632. The third kappa shape index (κ3) is 1.23. The van der Waals surface area contributed by atoms with E-state index in [0.29, 0.717) is 0 Å². The molecule has 14 heavy (non-hydrogen) atoms. The van der Waals surface area contributed by atoms with E-state index in [4.69, 9.17) is 5.73 Å². The maximum absolute atomic E-state index is 12.1. The Labute approximate surface area is 87.0 Å². The average Bonchev–Trinajstić information content (AvgIpc) is 2.41. The Kier molecular flexibility index (Phi) is 2.45. The highest BCUT2D eigenvalue weighted by Gasteiger charge is 2.35. The van der Waals surface area contributed by atoms with Gasteiger partial charge in [0, 0.05) is 10.9 Å². The van der Waals surface area contributed by atoms with Gasteiger partial charge in [-0.3, -0.25) is 4.21 Å². The summed E-state index contributed by atoms with van der Waals surface area (Å²) in [5.41, 5.74) is 8.25. The van der Waals surface area contributed by atoms with Crippen molar-refractivity contribution in [1.82, 2.24) is 0 Å². The summed E-state index contributed by atoms with van der Waals surface area (Å²) in [7, 11) is -0.902. The summed E-state index contributed by atoms with van der Waals surface area (Å²) in [4.78, 5) is 0.979. The summed E-state index contributed by atoms with van der Waals surface area (Å²) in [6.45, 7) is 4.05. The molecule has 2 N–H and O–H groups in total. The molecule has 0 aromatic heterocycles. The van der Waals surface area contributed by atoms with Gasteiger partial charge in [0.2, 0.25) is 0 Å². The van der Waals surface area contributed by atoms with E-state index >= 15 is 0 Å². The first-order valence-corrected chi connectivity index (χ1v) is 6.13. The zero-order valence-electron chi connectivity index (χ0n) is 8.49. The first-order valence-electron chi connectivity index (χ1n) is 4.92. The van der Waals surface area contributed by atoms with Gasteiger partial charge in [0.05, 0.1) is 16.0 Å². The van der Waals surface area contributed by atoms with Crippen LogP contribution in [0.25, 0.3) is 0 Å². The van der Waals surface area contributed by atoms with E-state index in [0.717, 1.165) is 22.4 Å². The zero-order valence-corrected chi connectivity index (χ0v) is 9.30. The molecule has 76 valence electrons. The molecule has 0 fully saturated rings. The molecule has 0 spiro atoms. The first kappa shape index (κ1) is 9.87. The first-order chi connectivity index (χ1) is 6.66. The van der Waals surface area contributed by atoms with E-state index in [2.05, 4.69) is 0 Å². The fraction of sp³-hybridized carbons (Fsp3) is 0.455. The number of hydrogen-bond acceptors (Lipinski definition) is 2. The van der Waals surface area contributed by atoms with Gasteiger partial charge in [-0.05, 0) is 24.5 Å². The molecule has 1 aliphatic rings. The SMILES string of the molecule is CCC1C(N)c2cccc(C)c2S1=O. The van der Waals surface area contributed by atoms with Crippen molar-refractivity contribution in [2.24, 2.45) is 5.73 Å². The smallest absolute Gasteiger partial charge is 0.0586 e. The van der Waals surface area contributed by atoms with E-state index in [9.17, 15) is 4.21 Å². The Morgan fingerprint density at radius 1 is 1.50 bits per heavy atom. The number of rotatable bonds is 1. The van der Waals surface area contributed by atoms with Gasteiger partial charge in [-0.2, -0.15) is 0 Å². The van der Waals surface area contributed by atoms with Gasteiger partial charge < -0.3 is 5.73 Å². The predicted octanol–water partition coefficient (Wildman–Crippen LogP) is 1.89. The highest BCUT2D eigenvalue weighted by Crippen LogP contribution is 2.37. The van der Waals surface area contributed by atoms with Crippen LogP contribution in [0.5, 0.6) is 0 Å². The molecule has 0 saturated heterocycles. The molecule has 0 bridgehead atoms. The Morgan fingerprint density at radius 3 is 2.79 bits per heavy atom. The molecule has 1 heterocycles. The number of fused-ring (bicyclic) bond motifs is 1.